The van der Waals surface area contributed by atoms with Crippen molar-refractivity contribution in [2.75, 3.05) is 18.2 Å². The molecule has 0 aliphatic rings. The molecule has 0 bridgehead atoms. The summed E-state index contributed by atoms with van der Waals surface area (Å²) in [6.07, 6.45) is 1.34. The van der Waals surface area contributed by atoms with Gasteiger partial charge in [0.05, 0.1) is 6.61 Å². The molecule has 0 radical (unpaired) electrons. The van der Waals surface area contributed by atoms with Crippen LogP contribution < -0.4 is 5.32 Å². The number of sulfone groups is 1. The Morgan fingerprint density at radius 2 is 2.10 bits per heavy atom. The van der Waals surface area contributed by atoms with E-state index in [4.69, 9.17) is 5.11 Å². The van der Waals surface area contributed by atoms with Crippen LogP contribution in [0.1, 0.15) is 26.0 Å². The van der Waals surface area contributed by atoms with Crippen molar-refractivity contribution in [3.63, 3.8) is 0 Å². The van der Waals surface area contributed by atoms with E-state index in [1.165, 1.54) is 13.8 Å². The van der Waals surface area contributed by atoms with E-state index in [2.05, 4.69) is 22.1 Å². The molecule has 0 aromatic carbocycles. The molecule has 0 fully saturated rings. The van der Waals surface area contributed by atoms with E-state index >= 15 is 0 Å². The minimum atomic E-state index is -3.54. The van der Waals surface area contributed by atoms with Crippen molar-refractivity contribution in [1.29, 1.82) is 0 Å². The van der Waals surface area contributed by atoms with Crippen molar-refractivity contribution in [1.82, 2.24) is 4.98 Å². The maximum atomic E-state index is 12.1. The first-order chi connectivity index (χ1) is 9.68. The van der Waals surface area contributed by atoms with Crippen molar-refractivity contribution in [3.05, 3.63) is 23.9 Å². The largest absolute Gasteiger partial charge is 0.395 e. The SMILES string of the molecule is CC(C)(C(=O)Nc1cccc(C#CCCO)n1)S(C)(=O)=O. The monoisotopic (exact) mass is 310 g/mol. The number of aromatic nitrogens is 1. The van der Waals surface area contributed by atoms with Crippen LogP contribution in [-0.4, -0.2) is 42.0 Å². The molecule has 114 valence electrons. The second kappa shape index (κ2) is 6.70. The topological polar surface area (TPSA) is 96.4 Å². The van der Waals surface area contributed by atoms with Crippen molar-refractivity contribution in [2.45, 2.75) is 25.0 Å². The molecule has 1 aromatic heterocycles. The molecule has 0 unspecified atom stereocenters. The van der Waals surface area contributed by atoms with Gasteiger partial charge in [-0.1, -0.05) is 12.0 Å². The normalized spacial score (nSPS) is 11.4. The number of amides is 1. The smallest absolute Gasteiger partial charge is 0.246 e. The average Bonchev–Trinajstić information content (AvgIpc) is 2.38. The predicted octanol–water partition coefficient (Wildman–Crippen LogP) is 0.577. The summed E-state index contributed by atoms with van der Waals surface area (Å²) in [6.45, 7) is 2.64. The molecule has 6 nitrogen and oxygen atoms in total. The van der Waals surface area contributed by atoms with Crippen LogP contribution in [-0.2, 0) is 14.6 Å². The third-order valence-electron chi connectivity index (χ3n) is 2.92. The lowest BCUT2D eigenvalue weighted by molar-refractivity contribution is -0.117. The van der Waals surface area contributed by atoms with Crippen molar-refractivity contribution < 1.29 is 18.3 Å². The number of carbonyl (C=O) groups is 1. The standard InChI is InChI=1S/C14H18N2O4S/c1-14(2,21(3,19)20)13(18)16-12-9-6-8-11(15-12)7-4-5-10-17/h6,8-9,17H,5,10H2,1-3H3,(H,15,16,18). The van der Waals surface area contributed by atoms with Crippen molar-refractivity contribution >= 4 is 21.6 Å². The number of nitrogens with zero attached hydrogens (tertiary/aromatic N) is 1. The molecule has 21 heavy (non-hydrogen) atoms. The van der Waals surface area contributed by atoms with Crippen molar-refractivity contribution in [2.24, 2.45) is 0 Å². The van der Waals surface area contributed by atoms with Gasteiger partial charge in [0.2, 0.25) is 5.91 Å². The van der Waals surface area contributed by atoms with Crippen LogP contribution in [0.25, 0.3) is 0 Å². The Bertz CT molecular complexity index is 684. The maximum absolute atomic E-state index is 12.1. The zero-order valence-corrected chi connectivity index (χ0v) is 13.0. The van der Waals surface area contributed by atoms with Crippen LogP contribution in [0, 0.1) is 11.8 Å². The third kappa shape index (κ3) is 4.55. The molecule has 0 saturated heterocycles. The molecule has 2 N–H and O–H groups in total. The fourth-order valence-corrected chi connectivity index (χ4v) is 1.61. The predicted molar refractivity (Wildman–Crippen MR) is 80.4 cm³/mol. The minimum absolute atomic E-state index is 0.0357. The summed E-state index contributed by atoms with van der Waals surface area (Å²) in [5.74, 6) is 5.03. The number of hydrogen-bond acceptors (Lipinski definition) is 5. The summed E-state index contributed by atoms with van der Waals surface area (Å²) in [5.41, 5.74) is 0.429. The molecule has 1 amide bonds. The van der Waals surface area contributed by atoms with Gasteiger partial charge in [-0.05, 0) is 31.9 Å². The molecule has 1 rings (SSSR count). The highest BCUT2D eigenvalue weighted by molar-refractivity contribution is 7.92. The molecule has 7 heteroatoms. The van der Waals surface area contributed by atoms with Gasteiger partial charge in [-0.25, -0.2) is 13.4 Å². The van der Waals surface area contributed by atoms with Gasteiger partial charge < -0.3 is 10.4 Å². The average molecular weight is 310 g/mol. The van der Waals surface area contributed by atoms with Crippen molar-refractivity contribution in [3.8, 4) is 11.8 Å². The Kier molecular flexibility index (Phi) is 5.47. The third-order valence-corrected chi connectivity index (χ3v) is 4.96. The van der Waals surface area contributed by atoms with Gasteiger partial charge >= 0.3 is 0 Å². The molecular weight excluding hydrogens is 292 g/mol. The van der Waals surface area contributed by atoms with E-state index in [1.54, 1.807) is 18.2 Å². The molecule has 1 heterocycles. The Hall–Kier alpha value is -1.91. The molecule has 0 aliphatic heterocycles. The van der Waals surface area contributed by atoms with Crippen LogP contribution in [0.15, 0.2) is 18.2 Å². The van der Waals surface area contributed by atoms with Gasteiger partial charge in [0.25, 0.3) is 0 Å². The number of carbonyl (C=O) groups excluding carboxylic acids is 1. The quantitative estimate of drug-likeness (QED) is 0.793. The molecule has 0 spiro atoms. The van der Waals surface area contributed by atoms with Gasteiger partial charge in [-0.2, -0.15) is 0 Å². The lowest BCUT2D eigenvalue weighted by Crippen LogP contribution is -2.44. The van der Waals surface area contributed by atoms with Crippen LogP contribution in [0.3, 0.4) is 0 Å². The van der Waals surface area contributed by atoms with Gasteiger partial charge in [0.1, 0.15) is 16.3 Å². The van der Waals surface area contributed by atoms with Crippen LogP contribution >= 0.6 is 0 Å². The number of aliphatic hydroxyl groups is 1. The lowest BCUT2D eigenvalue weighted by Gasteiger charge is -2.21. The molecular formula is C14H18N2O4S. The van der Waals surface area contributed by atoms with E-state index < -0.39 is 20.5 Å². The first-order valence-corrected chi connectivity index (χ1v) is 8.15. The second-order valence-electron chi connectivity index (χ2n) is 4.92. The molecule has 0 atom stereocenters. The number of nitrogens with one attached hydrogen (secondary N) is 1. The maximum Gasteiger partial charge on any atom is 0.246 e. The Labute approximate surface area is 124 Å². The van der Waals surface area contributed by atoms with Gasteiger partial charge in [0.15, 0.2) is 9.84 Å². The number of aliphatic hydroxyl groups excluding tert-OH is 1. The van der Waals surface area contributed by atoms with E-state index in [0.29, 0.717) is 12.1 Å². The number of anilines is 1. The van der Waals surface area contributed by atoms with Crippen LogP contribution in [0.2, 0.25) is 0 Å². The van der Waals surface area contributed by atoms with E-state index in [1.807, 2.05) is 0 Å². The van der Waals surface area contributed by atoms with E-state index in [0.717, 1.165) is 6.26 Å². The van der Waals surface area contributed by atoms with Crippen LogP contribution in [0.4, 0.5) is 5.82 Å². The highest BCUT2D eigenvalue weighted by Crippen LogP contribution is 2.17. The van der Waals surface area contributed by atoms with Gasteiger partial charge in [-0.15, -0.1) is 0 Å². The van der Waals surface area contributed by atoms with E-state index in [-0.39, 0.29) is 12.4 Å². The fraction of sp³-hybridized carbons (Fsp3) is 0.429. The summed E-state index contributed by atoms with van der Waals surface area (Å²) in [7, 11) is -3.54. The molecule has 0 aliphatic carbocycles. The van der Waals surface area contributed by atoms with E-state index in [9.17, 15) is 13.2 Å². The molecule has 1 aromatic rings. The first kappa shape index (κ1) is 17.1. The van der Waals surface area contributed by atoms with Gasteiger partial charge in [-0.3, -0.25) is 4.79 Å². The highest BCUT2D eigenvalue weighted by atomic mass is 32.2. The summed E-state index contributed by atoms with van der Waals surface area (Å²) in [4.78, 5) is 16.2. The number of hydrogen-bond donors (Lipinski definition) is 2. The summed E-state index contributed by atoms with van der Waals surface area (Å²) >= 11 is 0. The Balaban J connectivity index is 2.93. The second-order valence-corrected chi connectivity index (χ2v) is 7.49. The number of rotatable bonds is 4. The highest BCUT2D eigenvalue weighted by Gasteiger charge is 2.38. The summed E-state index contributed by atoms with van der Waals surface area (Å²) in [6, 6.07) is 4.86. The lowest BCUT2D eigenvalue weighted by atomic mass is 10.2. The zero-order valence-electron chi connectivity index (χ0n) is 12.2. The minimum Gasteiger partial charge on any atom is -0.395 e. The summed E-state index contributed by atoms with van der Waals surface area (Å²) < 4.78 is 21.6. The Morgan fingerprint density at radius 1 is 1.43 bits per heavy atom. The number of pyridine rings is 1. The van der Waals surface area contributed by atoms with Crippen LogP contribution in [0.5, 0.6) is 0 Å². The van der Waals surface area contributed by atoms with Gasteiger partial charge in [0, 0.05) is 12.7 Å². The zero-order chi connectivity index (χ0) is 16.1. The Morgan fingerprint density at radius 3 is 2.67 bits per heavy atom. The summed E-state index contributed by atoms with van der Waals surface area (Å²) in [5, 5.41) is 11.1. The molecule has 0 saturated carbocycles. The first-order valence-electron chi connectivity index (χ1n) is 6.26. The fourth-order valence-electron chi connectivity index (χ4n) is 1.22.